The number of benzene rings is 1. The number of ether oxygens (including phenoxy) is 2. The highest BCUT2D eigenvalue weighted by molar-refractivity contribution is 5.98. The number of esters is 1. The van der Waals surface area contributed by atoms with Crippen LogP contribution in [0, 0.1) is 11.8 Å². The Morgan fingerprint density at radius 2 is 1.89 bits per heavy atom. The summed E-state index contributed by atoms with van der Waals surface area (Å²) < 4.78 is 12.4. The highest BCUT2D eigenvalue weighted by Crippen LogP contribution is 2.59. The van der Waals surface area contributed by atoms with E-state index in [1.165, 1.54) is 0 Å². The number of rotatable bonds is 15. The van der Waals surface area contributed by atoms with Gasteiger partial charge in [0.25, 0.3) is 0 Å². The Kier molecular flexibility index (Phi) is 11.0. The lowest BCUT2D eigenvalue weighted by atomic mass is 9.70. The van der Waals surface area contributed by atoms with E-state index >= 15 is 0 Å². The average Bonchev–Trinajstić information content (AvgIpc) is 3.72. The number of aliphatic hydroxyl groups excluding tert-OH is 1. The van der Waals surface area contributed by atoms with E-state index in [9.17, 15) is 24.3 Å². The van der Waals surface area contributed by atoms with Crippen LogP contribution in [0.1, 0.15) is 70.3 Å². The van der Waals surface area contributed by atoms with E-state index in [0.29, 0.717) is 38.6 Å². The number of hydrogen-bond donors (Lipinski definition) is 2. The second kappa shape index (κ2) is 14.9. The maximum Gasteiger partial charge on any atom is 0.312 e. The number of carbonyl (C=O) groups is 4. The number of hydrogen-bond acceptors (Lipinski definition) is 7. The lowest BCUT2D eigenvalue weighted by Crippen LogP contribution is -2.60. The molecule has 1 aliphatic carbocycles. The molecule has 3 saturated heterocycles. The first kappa shape index (κ1) is 33.9. The molecule has 7 atom stereocenters. The second-order valence-electron chi connectivity index (χ2n) is 13.3. The Morgan fingerprint density at radius 1 is 1.15 bits per heavy atom. The number of allylic oxidation sites excluding steroid dienone is 1. The molecular formula is C36H49N3O7. The van der Waals surface area contributed by atoms with Crippen LogP contribution < -0.4 is 5.32 Å². The fourth-order valence-electron chi connectivity index (χ4n) is 8.17. The summed E-state index contributed by atoms with van der Waals surface area (Å²) in [7, 11) is 0. The molecule has 10 nitrogen and oxygen atoms in total. The maximum absolute atomic E-state index is 14.8. The summed E-state index contributed by atoms with van der Waals surface area (Å²) in [5.41, 5.74) is -0.279. The second-order valence-corrected chi connectivity index (χ2v) is 13.3. The van der Waals surface area contributed by atoms with Crippen LogP contribution in [0.3, 0.4) is 0 Å². The van der Waals surface area contributed by atoms with E-state index in [2.05, 4.69) is 18.5 Å². The molecule has 46 heavy (non-hydrogen) atoms. The summed E-state index contributed by atoms with van der Waals surface area (Å²) in [6.07, 6.45) is 9.31. The van der Waals surface area contributed by atoms with Gasteiger partial charge in [-0.3, -0.25) is 19.2 Å². The monoisotopic (exact) mass is 635 g/mol. The molecule has 2 bridgehead atoms. The van der Waals surface area contributed by atoms with Gasteiger partial charge in [-0.25, -0.2) is 0 Å². The van der Waals surface area contributed by atoms with Gasteiger partial charge in [0, 0.05) is 19.0 Å². The van der Waals surface area contributed by atoms with Crippen molar-refractivity contribution < 1.29 is 33.8 Å². The van der Waals surface area contributed by atoms with Crippen molar-refractivity contribution in [1.82, 2.24) is 15.1 Å². The zero-order valence-electron chi connectivity index (χ0n) is 27.0. The summed E-state index contributed by atoms with van der Waals surface area (Å²) in [5.74, 6) is -3.10. The van der Waals surface area contributed by atoms with Gasteiger partial charge in [-0.1, -0.05) is 61.7 Å². The number of amides is 3. The fraction of sp³-hybridized carbons (Fsp3) is 0.611. The van der Waals surface area contributed by atoms with Gasteiger partial charge < -0.3 is 29.7 Å². The molecule has 1 saturated carbocycles. The van der Waals surface area contributed by atoms with E-state index in [4.69, 9.17) is 9.47 Å². The number of nitrogens with zero attached hydrogens (tertiary/aromatic N) is 2. The zero-order chi connectivity index (χ0) is 32.8. The molecule has 0 unspecified atom stereocenters. The van der Waals surface area contributed by atoms with Crippen LogP contribution >= 0.6 is 0 Å². The van der Waals surface area contributed by atoms with Crippen molar-refractivity contribution in [3.05, 3.63) is 61.2 Å². The molecule has 1 spiro atoms. The summed E-state index contributed by atoms with van der Waals surface area (Å²) in [6.45, 7) is 9.38. The van der Waals surface area contributed by atoms with E-state index < -0.39 is 47.7 Å². The van der Waals surface area contributed by atoms with Gasteiger partial charge in [-0.05, 0) is 51.0 Å². The van der Waals surface area contributed by atoms with Crippen molar-refractivity contribution in [2.75, 3.05) is 19.7 Å². The van der Waals surface area contributed by atoms with Crippen molar-refractivity contribution in [3.63, 3.8) is 0 Å². The number of aliphatic hydroxyl groups is 1. The average molecular weight is 636 g/mol. The van der Waals surface area contributed by atoms with Crippen molar-refractivity contribution >= 4 is 23.7 Å². The summed E-state index contributed by atoms with van der Waals surface area (Å²) in [5, 5.41) is 13.5. The minimum absolute atomic E-state index is 0.0234. The SMILES string of the molecule is C=CCCC(=O)NC[C@@H](C)OC(=O)[C@@H]1[C@@H]2CC[C@]3(O2)[C@H](C(=O)N(CC=C)C2CCCCC2)N([C@@H](CO)Cc2ccccc2)C(=O)[C@@H]13. The highest BCUT2D eigenvalue weighted by atomic mass is 16.6. The predicted octanol–water partition coefficient (Wildman–Crippen LogP) is 3.33. The molecule has 0 aromatic heterocycles. The first-order valence-electron chi connectivity index (χ1n) is 16.9. The normalized spacial score (nSPS) is 28.3. The predicted molar refractivity (Wildman–Crippen MR) is 172 cm³/mol. The third kappa shape index (κ3) is 6.65. The molecule has 4 aliphatic rings. The molecular weight excluding hydrogens is 586 g/mol. The third-order valence-electron chi connectivity index (χ3n) is 10.3. The van der Waals surface area contributed by atoms with Gasteiger partial charge in [0.2, 0.25) is 17.7 Å². The van der Waals surface area contributed by atoms with Gasteiger partial charge >= 0.3 is 5.97 Å². The Balaban J connectivity index is 1.45. The lowest BCUT2D eigenvalue weighted by molar-refractivity contribution is -0.160. The highest BCUT2D eigenvalue weighted by Gasteiger charge is 2.75. The molecule has 5 rings (SSSR count). The topological polar surface area (TPSA) is 125 Å². The Labute approximate surface area is 272 Å². The molecule has 3 aliphatic heterocycles. The van der Waals surface area contributed by atoms with Gasteiger partial charge in [0.15, 0.2) is 0 Å². The van der Waals surface area contributed by atoms with Crippen LogP contribution in [0.4, 0.5) is 0 Å². The first-order chi connectivity index (χ1) is 22.2. The van der Waals surface area contributed by atoms with Crippen LogP contribution in [0.5, 0.6) is 0 Å². The quantitative estimate of drug-likeness (QED) is 0.224. The summed E-state index contributed by atoms with van der Waals surface area (Å²) >= 11 is 0. The van der Waals surface area contributed by atoms with Crippen molar-refractivity contribution in [1.29, 1.82) is 0 Å². The lowest BCUT2D eigenvalue weighted by Gasteiger charge is -2.42. The minimum Gasteiger partial charge on any atom is -0.460 e. The van der Waals surface area contributed by atoms with Crippen LogP contribution in [0.25, 0.3) is 0 Å². The van der Waals surface area contributed by atoms with Crippen LogP contribution in [-0.4, -0.2) is 94.2 Å². The molecule has 10 heteroatoms. The Hall–Kier alpha value is -3.50. The van der Waals surface area contributed by atoms with Crippen molar-refractivity contribution in [2.45, 2.75) is 107 Å². The van der Waals surface area contributed by atoms with Crippen LogP contribution in [0.15, 0.2) is 55.6 Å². The number of likely N-dealkylation sites (tertiary alicyclic amines) is 1. The van der Waals surface area contributed by atoms with Crippen molar-refractivity contribution in [3.8, 4) is 0 Å². The molecule has 1 aromatic rings. The first-order valence-corrected chi connectivity index (χ1v) is 16.9. The van der Waals surface area contributed by atoms with Gasteiger partial charge in [-0.15, -0.1) is 13.2 Å². The third-order valence-corrected chi connectivity index (χ3v) is 10.3. The summed E-state index contributed by atoms with van der Waals surface area (Å²) in [4.78, 5) is 58.7. The van der Waals surface area contributed by atoms with Crippen molar-refractivity contribution in [2.24, 2.45) is 11.8 Å². The Bertz CT molecular complexity index is 1280. The maximum atomic E-state index is 14.8. The molecule has 250 valence electrons. The number of carbonyl (C=O) groups excluding carboxylic acids is 4. The van der Waals surface area contributed by atoms with Crippen LogP contribution in [-0.2, 0) is 35.1 Å². The zero-order valence-corrected chi connectivity index (χ0v) is 27.0. The molecule has 1 aromatic carbocycles. The van der Waals surface area contributed by atoms with Crippen LogP contribution in [0.2, 0.25) is 0 Å². The van der Waals surface area contributed by atoms with Gasteiger partial charge in [0.1, 0.15) is 17.7 Å². The smallest absolute Gasteiger partial charge is 0.312 e. The van der Waals surface area contributed by atoms with E-state index in [1.807, 2.05) is 35.2 Å². The molecule has 2 N–H and O–H groups in total. The van der Waals surface area contributed by atoms with E-state index in [1.54, 1.807) is 24.0 Å². The van der Waals surface area contributed by atoms with E-state index in [-0.39, 0.29) is 36.9 Å². The van der Waals surface area contributed by atoms with Gasteiger partial charge in [0.05, 0.1) is 37.1 Å². The van der Waals surface area contributed by atoms with E-state index in [0.717, 1.165) is 37.7 Å². The molecule has 4 fully saturated rings. The minimum atomic E-state index is -1.21. The number of nitrogens with one attached hydrogen (secondary N) is 1. The Morgan fingerprint density at radius 3 is 2.57 bits per heavy atom. The number of fused-ring (bicyclic) bond motifs is 1. The molecule has 3 heterocycles. The summed E-state index contributed by atoms with van der Waals surface area (Å²) in [6, 6.07) is 7.93. The largest absolute Gasteiger partial charge is 0.460 e. The molecule has 3 amide bonds. The fourth-order valence-corrected chi connectivity index (χ4v) is 8.17. The molecule has 0 radical (unpaired) electrons. The van der Waals surface area contributed by atoms with Gasteiger partial charge in [-0.2, -0.15) is 0 Å². The standard InChI is InChI=1S/C36H49N3O7/c1-4-6-17-29(41)37-22-24(3)45-35(44)30-28-18-19-36(46-28)31(30)33(42)39(27(23-40)21-25-13-9-7-10-14-25)32(36)34(43)38(20-5-2)26-15-11-8-12-16-26/h4-5,7,9-10,13-14,24,26-28,30-32,40H,1-2,6,8,11-12,15-23H2,3H3,(H,37,41)/t24-,27-,28+,30-,31-,32+,36-/m1/s1.